The standard InChI is InChI=1S/C10H20N2.BF4.BH3O3/c1-3-4-5-6-7-12-9-8-11(2)10-12;2-1(3,4)5;2-1(3)4/h8-9H,3-7,10H2,1-2H3;;2-4H/q;-1;. The normalized spacial score (nSPS) is 13.4. The van der Waals surface area contributed by atoms with E-state index < -0.39 is 14.6 Å². The number of rotatable bonds is 5. The molecule has 11 heteroatoms. The van der Waals surface area contributed by atoms with Crippen molar-refractivity contribution in [1.82, 2.24) is 9.80 Å². The van der Waals surface area contributed by atoms with Gasteiger partial charge in [-0.25, -0.2) is 0 Å². The first kappa shape index (κ1) is 22.4. The molecule has 0 saturated carbocycles. The Bertz CT molecular complexity index is 262. The van der Waals surface area contributed by atoms with Crippen LogP contribution in [0.15, 0.2) is 12.4 Å². The molecule has 0 atom stereocenters. The van der Waals surface area contributed by atoms with E-state index >= 15 is 0 Å². The van der Waals surface area contributed by atoms with Gasteiger partial charge in [-0.05, 0) is 6.42 Å². The molecule has 0 saturated heterocycles. The Labute approximate surface area is 123 Å². The minimum absolute atomic E-state index is 1.08. The van der Waals surface area contributed by atoms with Crippen molar-refractivity contribution in [1.29, 1.82) is 0 Å². The van der Waals surface area contributed by atoms with Crippen molar-refractivity contribution in [3.05, 3.63) is 12.4 Å². The predicted octanol–water partition coefficient (Wildman–Crippen LogP) is 1.49. The second-order valence-corrected chi connectivity index (χ2v) is 4.41. The van der Waals surface area contributed by atoms with Gasteiger partial charge < -0.3 is 42.1 Å². The smallest absolute Gasteiger partial charge is 0.418 e. The van der Waals surface area contributed by atoms with Crippen molar-refractivity contribution in [2.45, 2.75) is 32.6 Å². The average molecular weight is 317 g/mol. The van der Waals surface area contributed by atoms with Gasteiger partial charge in [0.15, 0.2) is 0 Å². The Morgan fingerprint density at radius 2 is 1.52 bits per heavy atom. The van der Waals surface area contributed by atoms with Crippen LogP contribution >= 0.6 is 0 Å². The summed E-state index contributed by atoms with van der Waals surface area (Å²) < 4.78 is 39.0. The molecule has 0 aromatic carbocycles. The topological polar surface area (TPSA) is 67.2 Å². The van der Waals surface area contributed by atoms with Gasteiger partial charge in [-0.3, -0.25) is 0 Å². The lowest BCUT2D eigenvalue weighted by Gasteiger charge is -2.17. The van der Waals surface area contributed by atoms with Crippen LogP contribution in [0.25, 0.3) is 0 Å². The number of unbranched alkanes of at least 4 members (excludes halogenated alkanes) is 3. The van der Waals surface area contributed by atoms with Gasteiger partial charge in [0.25, 0.3) is 0 Å². The monoisotopic (exact) mass is 317 g/mol. The predicted molar refractivity (Wildman–Crippen MR) is 75.2 cm³/mol. The van der Waals surface area contributed by atoms with E-state index in [9.17, 15) is 17.3 Å². The molecule has 0 aromatic rings. The summed E-state index contributed by atoms with van der Waals surface area (Å²) in [4.78, 5) is 4.58. The van der Waals surface area contributed by atoms with Gasteiger partial charge in [0.1, 0.15) is 0 Å². The maximum atomic E-state index is 9.75. The van der Waals surface area contributed by atoms with Crippen LogP contribution in [0.3, 0.4) is 0 Å². The fourth-order valence-corrected chi connectivity index (χ4v) is 1.48. The lowest BCUT2D eigenvalue weighted by Crippen LogP contribution is -2.23. The van der Waals surface area contributed by atoms with Crippen molar-refractivity contribution >= 4 is 14.6 Å². The molecule has 0 unspecified atom stereocenters. The highest BCUT2D eigenvalue weighted by atomic mass is 19.5. The first-order valence-corrected chi connectivity index (χ1v) is 6.60. The third-order valence-corrected chi connectivity index (χ3v) is 2.24. The van der Waals surface area contributed by atoms with Crippen LogP contribution in [0.1, 0.15) is 32.6 Å². The summed E-state index contributed by atoms with van der Waals surface area (Å²) in [6, 6.07) is 0. The largest absolute Gasteiger partial charge is 0.673 e. The zero-order valence-electron chi connectivity index (χ0n) is 12.3. The lowest BCUT2D eigenvalue weighted by molar-refractivity contribution is 0.278. The molecule has 5 nitrogen and oxygen atoms in total. The second kappa shape index (κ2) is 12.8. The lowest BCUT2D eigenvalue weighted by atomic mass is 10.2. The second-order valence-electron chi connectivity index (χ2n) is 4.41. The Kier molecular flexibility index (Phi) is 13.6. The number of hydrogen-bond acceptors (Lipinski definition) is 5. The summed E-state index contributed by atoms with van der Waals surface area (Å²) in [6.07, 6.45) is 9.76. The highest BCUT2D eigenvalue weighted by Crippen LogP contribution is 2.07. The van der Waals surface area contributed by atoms with Crippen molar-refractivity contribution in [2.24, 2.45) is 0 Å². The number of nitrogens with zero attached hydrogens (tertiary/aromatic N) is 2. The molecule has 0 fully saturated rings. The highest BCUT2D eigenvalue weighted by Gasteiger charge is 2.20. The van der Waals surface area contributed by atoms with Crippen LogP contribution in [0.5, 0.6) is 0 Å². The molecule has 3 N–H and O–H groups in total. The summed E-state index contributed by atoms with van der Waals surface area (Å²) >= 11 is 0. The minimum Gasteiger partial charge on any atom is -0.418 e. The van der Waals surface area contributed by atoms with Crippen LogP contribution in [-0.4, -0.2) is 59.7 Å². The minimum atomic E-state index is -6.00. The molecule has 1 aliphatic heterocycles. The van der Waals surface area contributed by atoms with Crippen LogP contribution in [0, 0.1) is 0 Å². The number of hydrogen-bond donors (Lipinski definition) is 3. The van der Waals surface area contributed by atoms with Gasteiger partial charge in [0.05, 0.1) is 6.67 Å². The summed E-state index contributed by atoms with van der Waals surface area (Å²) in [5, 5.41) is 21.5. The maximum Gasteiger partial charge on any atom is 0.673 e. The third-order valence-electron chi connectivity index (χ3n) is 2.24. The van der Waals surface area contributed by atoms with E-state index in [4.69, 9.17) is 15.1 Å². The zero-order chi connectivity index (χ0) is 16.9. The van der Waals surface area contributed by atoms with Crippen LogP contribution in [0.4, 0.5) is 17.3 Å². The molecule has 0 aromatic heterocycles. The van der Waals surface area contributed by atoms with Gasteiger partial charge in [-0.2, -0.15) is 0 Å². The molecule has 0 radical (unpaired) electrons. The molecule has 1 aliphatic rings. The Morgan fingerprint density at radius 3 is 1.86 bits per heavy atom. The fraction of sp³-hybridized carbons (Fsp3) is 0.800. The summed E-state index contributed by atoms with van der Waals surface area (Å²) in [7, 11) is -6.05. The molecule has 0 spiro atoms. The molecular formula is C10H23B2F4N2O3-. The van der Waals surface area contributed by atoms with E-state index in [0.29, 0.717) is 0 Å². The van der Waals surface area contributed by atoms with E-state index in [1.165, 1.54) is 32.2 Å². The van der Waals surface area contributed by atoms with E-state index in [2.05, 4.69) is 36.2 Å². The molecule has 1 rings (SSSR count). The van der Waals surface area contributed by atoms with E-state index in [-0.39, 0.29) is 0 Å². The van der Waals surface area contributed by atoms with E-state index in [1.54, 1.807) is 0 Å². The van der Waals surface area contributed by atoms with Gasteiger partial charge in [-0.1, -0.05) is 26.2 Å². The van der Waals surface area contributed by atoms with E-state index in [0.717, 1.165) is 6.67 Å². The van der Waals surface area contributed by atoms with Crippen molar-refractivity contribution in [3.63, 3.8) is 0 Å². The van der Waals surface area contributed by atoms with Crippen molar-refractivity contribution in [2.75, 3.05) is 20.3 Å². The average Bonchev–Trinajstić information content (AvgIpc) is 2.67. The van der Waals surface area contributed by atoms with E-state index in [1.807, 2.05) is 0 Å². The Balaban J connectivity index is 0. The summed E-state index contributed by atoms with van der Waals surface area (Å²) in [5.74, 6) is 0. The maximum absolute atomic E-state index is 9.75. The van der Waals surface area contributed by atoms with Crippen molar-refractivity contribution in [3.8, 4) is 0 Å². The van der Waals surface area contributed by atoms with Crippen LogP contribution in [-0.2, 0) is 0 Å². The van der Waals surface area contributed by atoms with Gasteiger partial charge in [0.2, 0.25) is 0 Å². The molecule has 0 aliphatic carbocycles. The highest BCUT2D eigenvalue weighted by molar-refractivity contribution is 6.50. The van der Waals surface area contributed by atoms with Crippen molar-refractivity contribution < 1.29 is 32.3 Å². The van der Waals surface area contributed by atoms with Gasteiger partial charge in [-0.15, -0.1) is 0 Å². The zero-order valence-corrected chi connectivity index (χ0v) is 12.3. The Morgan fingerprint density at radius 1 is 1.05 bits per heavy atom. The molecular weight excluding hydrogens is 294 g/mol. The van der Waals surface area contributed by atoms with Crippen LogP contribution in [0.2, 0.25) is 0 Å². The SMILES string of the molecule is CCCCCCN1C=CN(C)C1.F[B-](F)(F)F.OB(O)O. The third kappa shape index (κ3) is 28.1. The molecule has 1 heterocycles. The number of halogens is 4. The Hall–Kier alpha value is -0.930. The first-order chi connectivity index (χ1) is 9.56. The molecule has 126 valence electrons. The summed E-state index contributed by atoms with van der Waals surface area (Å²) in [6.45, 7) is 4.55. The first-order valence-electron chi connectivity index (χ1n) is 6.60. The van der Waals surface area contributed by atoms with Gasteiger partial charge in [0, 0.05) is 26.0 Å². The molecule has 0 amide bonds. The molecule has 21 heavy (non-hydrogen) atoms. The quantitative estimate of drug-likeness (QED) is 0.407. The van der Waals surface area contributed by atoms with Gasteiger partial charge >= 0.3 is 14.6 Å². The molecule has 0 bridgehead atoms. The van der Waals surface area contributed by atoms with Crippen LogP contribution < -0.4 is 0 Å². The summed E-state index contributed by atoms with van der Waals surface area (Å²) in [5.41, 5.74) is 0. The fourth-order valence-electron chi connectivity index (χ4n) is 1.48.